The molecule has 0 aliphatic heterocycles. The first-order valence-corrected chi connectivity index (χ1v) is 8.15. The molecule has 1 aromatic carbocycles. The minimum Gasteiger partial charge on any atom is -0.349 e. The minimum atomic E-state index is -0.276. The van der Waals surface area contributed by atoms with Crippen LogP contribution < -0.4 is 11.1 Å². The Hall–Kier alpha value is -0.870. The summed E-state index contributed by atoms with van der Waals surface area (Å²) in [6, 6.07) is 8.18. The molecule has 2 rings (SSSR count). The number of carbonyl (C=O) groups excluding carboxylic acids is 1. The van der Waals surface area contributed by atoms with Crippen molar-refractivity contribution in [2.75, 3.05) is 0 Å². The summed E-state index contributed by atoms with van der Waals surface area (Å²) in [6.45, 7) is 2.08. The first kappa shape index (κ1) is 15.5. The van der Waals surface area contributed by atoms with Gasteiger partial charge in [0.25, 0.3) is 0 Å². The van der Waals surface area contributed by atoms with E-state index in [0.29, 0.717) is 6.42 Å². The molecule has 20 heavy (non-hydrogen) atoms. The van der Waals surface area contributed by atoms with E-state index in [-0.39, 0.29) is 17.5 Å². The Morgan fingerprint density at radius 2 is 1.95 bits per heavy atom. The largest absolute Gasteiger partial charge is 0.349 e. The molecule has 0 radical (unpaired) electrons. The summed E-state index contributed by atoms with van der Waals surface area (Å²) in [5.74, 6) is 0.0733. The van der Waals surface area contributed by atoms with Crippen LogP contribution in [0.3, 0.4) is 0 Å². The summed E-state index contributed by atoms with van der Waals surface area (Å²) in [7, 11) is 0. The smallest absolute Gasteiger partial charge is 0.222 e. The molecule has 3 N–H and O–H groups in total. The molecule has 1 atom stereocenters. The van der Waals surface area contributed by atoms with Crippen LogP contribution in [0.4, 0.5) is 0 Å². The Morgan fingerprint density at radius 1 is 1.35 bits per heavy atom. The fourth-order valence-electron chi connectivity index (χ4n) is 2.94. The molecule has 110 valence electrons. The molecule has 0 aromatic heterocycles. The van der Waals surface area contributed by atoms with Gasteiger partial charge < -0.3 is 11.1 Å². The third kappa shape index (κ3) is 4.06. The lowest BCUT2D eigenvalue weighted by Gasteiger charge is -2.25. The molecule has 1 aliphatic carbocycles. The molecule has 1 amide bonds. The standard InChI is InChI=1S/C16H23BrN2O/c1-2-14(12-5-7-13(17)8-6-12)19-15(20)11-16(18)9-3-4-10-16/h5-8,14H,2-4,9-11,18H2,1H3,(H,19,20). The van der Waals surface area contributed by atoms with E-state index in [1.54, 1.807) is 0 Å². The van der Waals surface area contributed by atoms with E-state index in [2.05, 4.69) is 28.2 Å². The molecule has 1 unspecified atom stereocenters. The van der Waals surface area contributed by atoms with Crippen molar-refractivity contribution in [3.8, 4) is 0 Å². The van der Waals surface area contributed by atoms with Gasteiger partial charge in [-0.15, -0.1) is 0 Å². The van der Waals surface area contributed by atoms with Crippen molar-refractivity contribution < 1.29 is 4.79 Å². The zero-order chi connectivity index (χ0) is 14.6. The van der Waals surface area contributed by atoms with Gasteiger partial charge in [-0.05, 0) is 37.0 Å². The average Bonchev–Trinajstić information content (AvgIpc) is 2.83. The van der Waals surface area contributed by atoms with Crippen molar-refractivity contribution in [3.05, 3.63) is 34.3 Å². The van der Waals surface area contributed by atoms with Crippen LogP contribution in [0.15, 0.2) is 28.7 Å². The van der Waals surface area contributed by atoms with Crippen LogP contribution in [0.1, 0.15) is 57.1 Å². The molecule has 1 saturated carbocycles. The van der Waals surface area contributed by atoms with Gasteiger partial charge in [0, 0.05) is 16.4 Å². The highest BCUT2D eigenvalue weighted by molar-refractivity contribution is 9.10. The fraction of sp³-hybridized carbons (Fsp3) is 0.562. The van der Waals surface area contributed by atoms with Crippen molar-refractivity contribution in [1.29, 1.82) is 0 Å². The number of halogens is 1. The van der Waals surface area contributed by atoms with E-state index in [0.717, 1.165) is 42.1 Å². The third-order valence-corrected chi connectivity index (χ3v) is 4.66. The van der Waals surface area contributed by atoms with Crippen LogP contribution in [0, 0.1) is 0 Å². The van der Waals surface area contributed by atoms with Gasteiger partial charge in [-0.2, -0.15) is 0 Å². The first-order chi connectivity index (χ1) is 9.52. The summed E-state index contributed by atoms with van der Waals surface area (Å²) >= 11 is 3.43. The van der Waals surface area contributed by atoms with Crippen LogP contribution in [0.5, 0.6) is 0 Å². The van der Waals surface area contributed by atoms with Gasteiger partial charge in [0.2, 0.25) is 5.91 Å². The summed E-state index contributed by atoms with van der Waals surface area (Å²) in [5, 5.41) is 3.12. The topological polar surface area (TPSA) is 55.1 Å². The number of nitrogens with two attached hydrogens (primary N) is 1. The molecule has 0 heterocycles. The van der Waals surface area contributed by atoms with Crippen LogP contribution in [0.2, 0.25) is 0 Å². The van der Waals surface area contributed by atoms with E-state index in [4.69, 9.17) is 5.73 Å². The van der Waals surface area contributed by atoms with Crippen LogP contribution in [-0.4, -0.2) is 11.4 Å². The summed E-state index contributed by atoms with van der Waals surface area (Å²) in [6.07, 6.45) is 5.55. The lowest BCUT2D eigenvalue weighted by atomic mass is 9.94. The zero-order valence-corrected chi connectivity index (χ0v) is 13.6. The average molecular weight is 339 g/mol. The zero-order valence-electron chi connectivity index (χ0n) is 12.0. The normalized spacial score (nSPS) is 18.8. The van der Waals surface area contributed by atoms with E-state index in [1.165, 1.54) is 0 Å². The highest BCUT2D eigenvalue weighted by Crippen LogP contribution is 2.30. The number of amides is 1. The van der Waals surface area contributed by atoms with Gasteiger partial charge in [0.05, 0.1) is 6.04 Å². The van der Waals surface area contributed by atoms with Gasteiger partial charge in [0.15, 0.2) is 0 Å². The molecule has 0 saturated heterocycles. The Bertz CT molecular complexity index is 452. The Labute approximate surface area is 129 Å². The molecule has 3 nitrogen and oxygen atoms in total. The Balaban J connectivity index is 1.95. The van der Waals surface area contributed by atoms with Crippen LogP contribution in [-0.2, 0) is 4.79 Å². The summed E-state index contributed by atoms with van der Waals surface area (Å²) in [5.41, 5.74) is 7.13. The fourth-order valence-corrected chi connectivity index (χ4v) is 3.20. The predicted molar refractivity (Wildman–Crippen MR) is 85.3 cm³/mol. The lowest BCUT2D eigenvalue weighted by molar-refractivity contribution is -0.123. The highest BCUT2D eigenvalue weighted by atomic mass is 79.9. The maximum absolute atomic E-state index is 12.2. The first-order valence-electron chi connectivity index (χ1n) is 7.36. The maximum atomic E-state index is 12.2. The minimum absolute atomic E-state index is 0.0700. The molecule has 4 heteroatoms. The predicted octanol–water partition coefficient (Wildman–Crippen LogP) is 3.68. The molecule has 1 fully saturated rings. The summed E-state index contributed by atoms with van der Waals surface area (Å²) in [4.78, 5) is 12.2. The molecular weight excluding hydrogens is 316 g/mol. The maximum Gasteiger partial charge on any atom is 0.222 e. The number of nitrogens with one attached hydrogen (secondary N) is 1. The Kier molecular flexibility index (Phi) is 5.22. The monoisotopic (exact) mass is 338 g/mol. The molecular formula is C16H23BrN2O. The highest BCUT2D eigenvalue weighted by Gasteiger charge is 2.32. The molecule has 1 aliphatic rings. The molecule has 0 spiro atoms. The second kappa shape index (κ2) is 6.72. The van der Waals surface area contributed by atoms with Crippen molar-refractivity contribution in [2.24, 2.45) is 5.73 Å². The van der Waals surface area contributed by atoms with Gasteiger partial charge in [-0.3, -0.25) is 4.79 Å². The summed E-state index contributed by atoms with van der Waals surface area (Å²) < 4.78 is 1.05. The van der Waals surface area contributed by atoms with Gasteiger partial charge in [0.1, 0.15) is 0 Å². The van der Waals surface area contributed by atoms with E-state index >= 15 is 0 Å². The quantitative estimate of drug-likeness (QED) is 0.860. The number of carbonyl (C=O) groups is 1. The van der Waals surface area contributed by atoms with Crippen molar-refractivity contribution in [1.82, 2.24) is 5.32 Å². The second-order valence-corrected chi connectivity index (χ2v) is 6.74. The second-order valence-electron chi connectivity index (χ2n) is 5.83. The number of hydrogen-bond donors (Lipinski definition) is 2. The van der Waals surface area contributed by atoms with Crippen molar-refractivity contribution in [2.45, 2.75) is 57.0 Å². The lowest BCUT2D eigenvalue weighted by Crippen LogP contribution is -2.42. The van der Waals surface area contributed by atoms with Gasteiger partial charge in [-0.1, -0.05) is 47.8 Å². The third-order valence-electron chi connectivity index (χ3n) is 4.13. The van der Waals surface area contributed by atoms with E-state index < -0.39 is 0 Å². The Morgan fingerprint density at radius 3 is 2.50 bits per heavy atom. The van der Waals surface area contributed by atoms with Gasteiger partial charge in [-0.25, -0.2) is 0 Å². The molecule has 1 aromatic rings. The SMILES string of the molecule is CCC(NC(=O)CC1(N)CCCC1)c1ccc(Br)cc1. The van der Waals surface area contributed by atoms with E-state index in [1.807, 2.05) is 24.3 Å². The van der Waals surface area contributed by atoms with Crippen LogP contribution in [0.25, 0.3) is 0 Å². The molecule has 0 bridgehead atoms. The number of rotatable bonds is 5. The number of benzene rings is 1. The van der Waals surface area contributed by atoms with Crippen molar-refractivity contribution >= 4 is 21.8 Å². The van der Waals surface area contributed by atoms with E-state index in [9.17, 15) is 4.79 Å². The van der Waals surface area contributed by atoms with Crippen molar-refractivity contribution in [3.63, 3.8) is 0 Å². The van der Waals surface area contributed by atoms with Crippen LogP contribution >= 0.6 is 15.9 Å². The van der Waals surface area contributed by atoms with Gasteiger partial charge >= 0.3 is 0 Å². The number of hydrogen-bond acceptors (Lipinski definition) is 2.